The number of rotatable bonds is 19. The molecule has 1 saturated heterocycles. The van der Waals surface area contributed by atoms with Gasteiger partial charge in [0.15, 0.2) is 6.04 Å². The summed E-state index contributed by atoms with van der Waals surface area (Å²) in [5.74, 6) is -6.78. The van der Waals surface area contributed by atoms with Crippen molar-refractivity contribution in [2.24, 2.45) is 22.6 Å². The zero-order valence-electron chi connectivity index (χ0n) is 27.1. The maximum absolute atomic E-state index is 13.7. The lowest BCUT2D eigenvalue weighted by atomic mass is 9.97. The van der Waals surface area contributed by atoms with E-state index in [0.29, 0.717) is 19.4 Å². The minimum absolute atomic E-state index is 0.0346. The first-order chi connectivity index (χ1) is 21.5. The second kappa shape index (κ2) is 19.4. The number of nitrogens with zero attached hydrogens (tertiary/aromatic N) is 2. The second-order valence-electron chi connectivity index (χ2n) is 12.0. The Morgan fingerprint density at radius 3 is 2.02 bits per heavy atom. The maximum atomic E-state index is 13.7. The number of carboxylic acid groups (broad SMARTS) is 2. The van der Waals surface area contributed by atoms with Crippen molar-refractivity contribution < 1.29 is 48.9 Å². The van der Waals surface area contributed by atoms with Gasteiger partial charge in [-0.05, 0) is 50.5 Å². The first-order valence-electron chi connectivity index (χ1n) is 15.3. The summed E-state index contributed by atoms with van der Waals surface area (Å²) in [7, 11) is 0. The quantitative estimate of drug-likeness (QED) is 0.0729. The van der Waals surface area contributed by atoms with Crippen molar-refractivity contribution in [1.82, 2.24) is 26.2 Å². The Hall–Kier alpha value is -4.12. The highest BCUT2D eigenvalue weighted by atomic mass is 16.4. The predicted molar refractivity (Wildman–Crippen MR) is 165 cm³/mol. The summed E-state index contributed by atoms with van der Waals surface area (Å²) in [4.78, 5) is 93.0. The lowest BCUT2D eigenvalue weighted by Crippen LogP contribution is -2.65. The van der Waals surface area contributed by atoms with E-state index in [1.165, 1.54) is 6.92 Å². The zero-order chi connectivity index (χ0) is 35.1. The number of carboxylic acids is 2. The number of carbonyl (C=O) groups excluding carboxylic acids is 5. The van der Waals surface area contributed by atoms with Gasteiger partial charge in [-0.15, -0.1) is 0 Å². The molecular weight excluding hydrogens is 606 g/mol. The van der Waals surface area contributed by atoms with Gasteiger partial charge in [0.1, 0.15) is 30.5 Å². The molecule has 17 heteroatoms. The van der Waals surface area contributed by atoms with Crippen LogP contribution in [0.4, 0.5) is 0 Å². The molecule has 1 aliphatic heterocycles. The van der Waals surface area contributed by atoms with Crippen molar-refractivity contribution in [1.29, 1.82) is 0 Å². The van der Waals surface area contributed by atoms with Gasteiger partial charge in [-0.2, -0.15) is 0 Å². The molecule has 17 nitrogen and oxygen atoms in total. The Kier molecular flexibility index (Phi) is 16.8. The Bertz CT molecular complexity index is 1140. The SMILES string of the molecule is CC(=O)N[C@@H](CCCCN)C(=O)N[C@@H](CCC(=O)O)C(=O)N[C@@H](CO)C(=O)N1CC(=O)NC(=N[C@H](C(=O)O)C(C)C)[C@@H]1CC(C)C. The van der Waals surface area contributed by atoms with Crippen LogP contribution in [0.15, 0.2) is 4.99 Å². The predicted octanol–water partition coefficient (Wildman–Crippen LogP) is -1.67. The summed E-state index contributed by atoms with van der Waals surface area (Å²) in [6.45, 7) is 7.16. The van der Waals surface area contributed by atoms with Gasteiger partial charge in [-0.25, -0.2) is 4.79 Å². The third-order valence-corrected chi connectivity index (χ3v) is 7.13. The minimum Gasteiger partial charge on any atom is -0.481 e. The smallest absolute Gasteiger partial charge is 0.328 e. The summed E-state index contributed by atoms with van der Waals surface area (Å²) in [6, 6.07) is -6.24. The molecule has 0 radical (unpaired) electrons. The number of amides is 5. The van der Waals surface area contributed by atoms with Crippen LogP contribution in [0.3, 0.4) is 0 Å². The monoisotopic (exact) mass is 655 g/mol. The van der Waals surface area contributed by atoms with Gasteiger partial charge >= 0.3 is 11.9 Å². The number of aliphatic hydroxyl groups is 1. The number of nitrogens with one attached hydrogen (secondary N) is 4. The Labute approximate surface area is 268 Å². The molecule has 1 aliphatic rings. The zero-order valence-corrected chi connectivity index (χ0v) is 27.1. The van der Waals surface area contributed by atoms with E-state index in [4.69, 9.17) is 5.73 Å². The molecule has 0 unspecified atom stereocenters. The van der Waals surface area contributed by atoms with E-state index in [1.54, 1.807) is 13.8 Å². The van der Waals surface area contributed by atoms with Crippen molar-refractivity contribution >= 4 is 47.3 Å². The largest absolute Gasteiger partial charge is 0.481 e. The molecule has 1 fully saturated rings. The molecule has 1 rings (SSSR count). The van der Waals surface area contributed by atoms with Crippen molar-refractivity contribution in [3.8, 4) is 0 Å². The number of hydrogen-bond acceptors (Lipinski definition) is 10. The molecule has 0 aliphatic carbocycles. The van der Waals surface area contributed by atoms with E-state index in [-0.39, 0.29) is 31.0 Å². The summed E-state index contributed by atoms with van der Waals surface area (Å²) in [5.41, 5.74) is 5.51. The molecule has 1 heterocycles. The first kappa shape index (κ1) is 39.9. The number of nitrogens with two attached hydrogens (primary N) is 1. The van der Waals surface area contributed by atoms with Crippen LogP contribution >= 0.6 is 0 Å². The number of unbranched alkanes of at least 4 members (excludes halogenated alkanes) is 1. The average Bonchev–Trinajstić information content (AvgIpc) is 2.95. The maximum Gasteiger partial charge on any atom is 0.328 e. The molecule has 0 bridgehead atoms. The van der Waals surface area contributed by atoms with Gasteiger partial charge < -0.3 is 47.2 Å². The van der Waals surface area contributed by atoms with Gasteiger partial charge in [0.25, 0.3) is 0 Å². The van der Waals surface area contributed by atoms with Crippen LogP contribution in [0.2, 0.25) is 0 Å². The summed E-state index contributed by atoms with van der Waals surface area (Å²) >= 11 is 0. The molecule has 0 aromatic carbocycles. The number of carbonyl (C=O) groups is 7. The normalized spacial score (nSPS) is 18.4. The fourth-order valence-electron chi connectivity index (χ4n) is 4.83. The molecule has 0 aromatic heterocycles. The van der Waals surface area contributed by atoms with Crippen LogP contribution < -0.4 is 27.0 Å². The fourth-order valence-corrected chi connectivity index (χ4v) is 4.83. The van der Waals surface area contributed by atoms with E-state index in [0.717, 1.165) is 4.90 Å². The molecule has 0 saturated carbocycles. The highest BCUT2D eigenvalue weighted by Gasteiger charge is 2.40. The highest BCUT2D eigenvalue weighted by Crippen LogP contribution is 2.19. The summed E-state index contributed by atoms with van der Waals surface area (Å²) in [6.07, 6.45) is 0.605. The molecular formula is C29H49N7O10. The average molecular weight is 656 g/mol. The van der Waals surface area contributed by atoms with E-state index in [9.17, 15) is 48.9 Å². The Balaban J connectivity index is 3.34. The fraction of sp³-hybridized carbons (Fsp3) is 0.724. The number of aliphatic imine (C=N–C) groups is 1. The Morgan fingerprint density at radius 1 is 0.957 bits per heavy atom. The van der Waals surface area contributed by atoms with E-state index >= 15 is 0 Å². The van der Waals surface area contributed by atoms with E-state index in [2.05, 4.69) is 26.3 Å². The minimum atomic E-state index is -1.62. The van der Waals surface area contributed by atoms with Gasteiger partial charge in [-0.3, -0.25) is 33.8 Å². The number of hydrogen-bond donors (Lipinski definition) is 8. The molecule has 9 N–H and O–H groups in total. The lowest BCUT2D eigenvalue weighted by molar-refractivity contribution is -0.143. The molecule has 5 amide bonds. The number of amidine groups is 1. The van der Waals surface area contributed by atoms with Gasteiger partial charge in [0.2, 0.25) is 29.5 Å². The summed E-state index contributed by atoms with van der Waals surface area (Å²) < 4.78 is 0. The number of piperazine rings is 1. The van der Waals surface area contributed by atoms with Crippen LogP contribution in [-0.4, -0.2) is 117 Å². The third-order valence-electron chi connectivity index (χ3n) is 7.13. The van der Waals surface area contributed by atoms with Crippen LogP contribution in [0, 0.1) is 11.8 Å². The highest BCUT2D eigenvalue weighted by molar-refractivity contribution is 6.08. The van der Waals surface area contributed by atoms with Crippen molar-refractivity contribution in [3.63, 3.8) is 0 Å². The molecule has 0 spiro atoms. The van der Waals surface area contributed by atoms with Crippen LogP contribution in [0.1, 0.15) is 73.1 Å². The molecule has 0 aromatic rings. The third kappa shape index (κ3) is 13.1. The van der Waals surface area contributed by atoms with Crippen LogP contribution in [0.25, 0.3) is 0 Å². The van der Waals surface area contributed by atoms with Gasteiger partial charge in [0.05, 0.1) is 12.6 Å². The van der Waals surface area contributed by atoms with Crippen LogP contribution in [-0.2, 0) is 33.6 Å². The molecule has 5 atom stereocenters. The molecule has 260 valence electrons. The first-order valence-corrected chi connectivity index (χ1v) is 15.3. The number of aliphatic hydroxyl groups excluding tert-OH is 1. The lowest BCUT2D eigenvalue weighted by Gasteiger charge is -2.39. The number of aliphatic carboxylic acids is 2. The van der Waals surface area contributed by atoms with Crippen LogP contribution in [0.5, 0.6) is 0 Å². The topological polar surface area (TPSA) is 270 Å². The van der Waals surface area contributed by atoms with Crippen molar-refractivity contribution in [2.45, 2.75) is 103 Å². The van der Waals surface area contributed by atoms with E-state index < -0.39 is 97.2 Å². The van der Waals surface area contributed by atoms with E-state index in [1.807, 2.05) is 13.8 Å². The van der Waals surface area contributed by atoms with Gasteiger partial charge in [-0.1, -0.05) is 27.7 Å². The van der Waals surface area contributed by atoms with Crippen molar-refractivity contribution in [3.05, 3.63) is 0 Å². The molecule has 46 heavy (non-hydrogen) atoms. The Morgan fingerprint density at radius 2 is 1.54 bits per heavy atom. The standard InChI is InChI=1S/C29H49N7O10/c1-15(2)12-21-25(35-24(16(3)4)29(45)46)34-22(39)13-36(21)28(44)20(14-37)33-27(43)19(9-10-23(40)41)32-26(42)18(31-17(5)38)8-6-7-11-30/h15-16,18-21,24,37H,6-14,30H2,1-5H3,(H,31,38)(H,32,42)(H,33,43)(H,40,41)(H,45,46)(H,34,35,39)/t18-,19-,20-,21-,24-/m0/s1. The second-order valence-corrected chi connectivity index (χ2v) is 12.0. The van der Waals surface area contributed by atoms with Gasteiger partial charge in [0, 0.05) is 13.3 Å². The summed E-state index contributed by atoms with van der Waals surface area (Å²) in [5, 5.41) is 38.9. The van der Waals surface area contributed by atoms with Crippen molar-refractivity contribution in [2.75, 3.05) is 19.7 Å².